The molecule has 0 aliphatic carbocycles. The second-order valence-corrected chi connectivity index (χ2v) is 11.6. The molecule has 1 aromatic heterocycles. The maximum Gasteiger partial charge on any atom is 0.252 e. The SMILES string of the molecule is CCCC1(C)CCCN(C(=NC)NCc2ccc(S(=O)(=O)N3CCOCC3)s2)C1. The third-order valence-electron chi connectivity index (χ3n) is 5.77. The second kappa shape index (κ2) is 9.76. The summed E-state index contributed by atoms with van der Waals surface area (Å²) in [5, 5.41) is 3.44. The Morgan fingerprint density at radius 1 is 1.31 bits per heavy atom. The van der Waals surface area contributed by atoms with Crippen molar-refractivity contribution in [3.8, 4) is 0 Å². The summed E-state index contributed by atoms with van der Waals surface area (Å²) < 4.78 is 32.8. The summed E-state index contributed by atoms with van der Waals surface area (Å²) in [5.74, 6) is 0.901. The first-order valence-electron chi connectivity index (χ1n) is 10.5. The molecular weight excluding hydrogens is 408 g/mol. The molecule has 0 aromatic carbocycles. The molecule has 2 saturated heterocycles. The molecular formula is C20H34N4O3S2. The molecule has 1 aromatic rings. The lowest BCUT2D eigenvalue weighted by atomic mass is 9.78. The Morgan fingerprint density at radius 2 is 2.07 bits per heavy atom. The first-order valence-corrected chi connectivity index (χ1v) is 12.8. The molecule has 0 amide bonds. The van der Waals surface area contributed by atoms with Crippen molar-refractivity contribution in [2.45, 2.75) is 50.3 Å². The van der Waals surface area contributed by atoms with Crippen LogP contribution in [0.1, 0.15) is 44.4 Å². The highest BCUT2D eigenvalue weighted by Gasteiger charge is 2.32. The van der Waals surface area contributed by atoms with Gasteiger partial charge in [-0.05, 0) is 36.8 Å². The van der Waals surface area contributed by atoms with Gasteiger partial charge < -0.3 is 15.0 Å². The van der Waals surface area contributed by atoms with Gasteiger partial charge in [-0.3, -0.25) is 4.99 Å². The van der Waals surface area contributed by atoms with E-state index in [2.05, 4.69) is 29.1 Å². The molecule has 1 atom stereocenters. The van der Waals surface area contributed by atoms with Crippen LogP contribution in [-0.4, -0.2) is 70.0 Å². The third-order valence-corrected chi connectivity index (χ3v) is 9.22. The van der Waals surface area contributed by atoms with E-state index in [0.29, 0.717) is 42.5 Å². The lowest BCUT2D eigenvalue weighted by Crippen LogP contribution is -2.49. The summed E-state index contributed by atoms with van der Waals surface area (Å²) in [5.41, 5.74) is 0.340. The number of hydrogen-bond acceptors (Lipinski definition) is 5. The smallest absolute Gasteiger partial charge is 0.252 e. The van der Waals surface area contributed by atoms with Gasteiger partial charge >= 0.3 is 0 Å². The van der Waals surface area contributed by atoms with Gasteiger partial charge in [-0.15, -0.1) is 11.3 Å². The van der Waals surface area contributed by atoms with E-state index in [-0.39, 0.29) is 0 Å². The van der Waals surface area contributed by atoms with Gasteiger partial charge in [0.2, 0.25) is 0 Å². The molecule has 0 spiro atoms. The number of aliphatic imine (C=N–C) groups is 1. The van der Waals surface area contributed by atoms with Crippen LogP contribution in [0.3, 0.4) is 0 Å². The van der Waals surface area contributed by atoms with Crippen LogP contribution in [-0.2, 0) is 21.3 Å². The van der Waals surface area contributed by atoms with E-state index in [1.165, 1.54) is 41.3 Å². The van der Waals surface area contributed by atoms with Gasteiger partial charge in [0.1, 0.15) is 4.21 Å². The Balaban J connectivity index is 1.61. The maximum absolute atomic E-state index is 12.8. The van der Waals surface area contributed by atoms with Crippen molar-refractivity contribution in [2.75, 3.05) is 46.4 Å². The zero-order valence-electron chi connectivity index (χ0n) is 17.8. The van der Waals surface area contributed by atoms with E-state index in [9.17, 15) is 8.42 Å². The predicted molar refractivity (Wildman–Crippen MR) is 118 cm³/mol. The quantitative estimate of drug-likeness (QED) is 0.542. The number of thiophene rings is 1. The first kappa shape index (κ1) is 22.5. The lowest BCUT2D eigenvalue weighted by Gasteiger charge is -2.42. The molecule has 0 bridgehead atoms. The van der Waals surface area contributed by atoms with Crippen LogP contribution in [0.2, 0.25) is 0 Å². The molecule has 1 unspecified atom stereocenters. The minimum Gasteiger partial charge on any atom is -0.379 e. The standard InChI is InChI=1S/C20H34N4O3S2/c1-4-8-20(2)9-5-10-23(16-20)19(21-3)22-15-17-6-7-18(28-17)29(25,26)24-11-13-27-14-12-24/h6-7H,4-5,8-16H2,1-3H3,(H,21,22). The van der Waals surface area contributed by atoms with Crippen molar-refractivity contribution >= 4 is 27.3 Å². The average molecular weight is 443 g/mol. The zero-order chi connectivity index (χ0) is 20.9. The monoisotopic (exact) mass is 442 g/mol. The van der Waals surface area contributed by atoms with Gasteiger partial charge in [0.25, 0.3) is 10.0 Å². The van der Waals surface area contributed by atoms with Crippen LogP contribution in [0, 0.1) is 5.41 Å². The van der Waals surface area contributed by atoms with E-state index >= 15 is 0 Å². The highest BCUT2D eigenvalue weighted by Crippen LogP contribution is 2.34. The normalized spacial score (nSPS) is 24.7. The molecule has 0 radical (unpaired) electrons. The van der Waals surface area contributed by atoms with Crippen LogP contribution in [0.4, 0.5) is 0 Å². The van der Waals surface area contributed by atoms with Gasteiger partial charge in [-0.1, -0.05) is 20.3 Å². The van der Waals surface area contributed by atoms with Crippen molar-refractivity contribution in [1.82, 2.24) is 14.5 Å². The molecule has 3 heterocycles. The van der Waals surface area contributed by atoms with Crippen LogP contribution in [0.25, 0.3) is 0 Å². The Morgan fingerprint density at radius 3 is 2.76 bits per heavy atom. The summed E-state index contributed by atoms with van der Waals surface area (Å²) in [6.07, 6.45) is 4.88. The molecule has 3 rings (SSSR count). The minimum atomic E-state index is -3.42. The van der Waals surface area contributed by atoms with Crippen molar-refractivity contribution in [3.63, 3.8) is 0 Å². The van der Waals surface area contributed by atoms with Crippen LogP contribution in [0.5, 0.6) is 0 Å². The van der Waals surface area contributed by atoms with Crippen molar-refractivity contribution in [1.29, 1.82) is 0 Å². The zero-order valence-corrected chi connectivity index (χ0v) is 19.4. The number of morpholine rings is 1. The number of guanidine groups is 1. The number of nitrogens with zero attached hydrogens (tertiary/aromatic N) is 3. The van der Waals surface area contributed by atoms with E-state index in [0.717, 1.165) is 23.9 Å². The molecule has 2 aliphatic rings. The largest absolute Gasteiger partial charge is 0.379 e. The summed E-state index contributed by atoms with van der Waals surface area (Å²) >= 11 is 1.33. The fraction of sp³-hybridized carbons (Fsp3) is 0.750. The number of sulfonamides is 1. The predicted octanol–water partition coefficient (Wildman–Crippen LogP) is 2.75. The Bertz CT molecular complexity index is 798. The first-order chi connectivity index (χ1) is 13.9. The fourth-order valence-corrected chi connectivity index (χ4v) is 7.17. The van der Waals surface area contributed by atoms with Crippen LogP contribution < -0.4 is 5.32 Å². The van der Waals surface area contributed by atoms with Gasteiger partial charge in [-0.25, -0.2) is 8.42 Å². The van der Waals surface area contributed by atoms with Gasteiger partial charge in [0.15, 0.2) is 5.96 Å². The maximum atomic E-state index is 12.8. The highest BCUT2D eigenvalue weighted by atomic mass is 32.2. The third kappa shape index (κ3) is 5.51. The number of piperidine rings is 1. The Kier molecular flexibility index (Phi) is 7.58. The van der Waals surface area contributed by atoms with Crippen LogP contribution >= 0.6 is 11.3 Å². The lowest BCUT2D eigenvalue weighted by molar-refractivity contribution is 0.0731. The van der Waals surface area contributed by atoms with Crippen molar-refractivity contribution in [3.05, 3.63) is 17.0 Å². The highest BCUT2D eigenvalue weighted by molar-refractivity contribution is 7.91. The Labute approximate surface area is 179 Å². The molecule has 7 nitrogen and oxygen atoms in total. The number of nitrogens with one attached hydrogen (secondary N) is 1. The molecule has 2 aliphatic heterocycles. The van der Waals surface area contributed by atoms with Crippen LogP contribution in [0.15, 0.2) is 21.3 Å². The molecule has 29 heavy (non-hydrogen) atoms. The van der Waals surface area contributed by atoms with E-state index in [1.807, 2.05) is 13.1 Å². The topological polar surface area (TPSA) is 74.2 Å². The molecule has 164 valence electrons. The number of hydrogen-bond donors (Lipinski definition) is 1. The van der Waals surface area contributed by atoms with Gasteiger partial charge in [0, 0.05) is 38.1 Å². The Hall–Kier alpha value is -1.16. The van der Waals surface area contributed by atoms with E-state index in [4.69, 9.17) is 4.74 Å². The summed E-state index contributed by atoms with van der Waals surface area (Å²) in [6, 6.07) is 3.62. The van der Waals surface area contributed by atoms with E-state index in [1.54, 1.807) is 6.07 Å². The minimum absolute atomic E-state index is 0.340. The van der Waals surface area contributed by atoms with Gasteiger partial charge in [0.05, 0.1) is 19.8 Å². The molecule has 1 N–H and O–H groups in total. The number of likely N-dealkylation sites (tertiary alicyclic amines) is 1. The molecule has 9 heteroatoms. The average Bonchev–Trinajstić information content (AvgIpc) is 3.19. The van der Waals surface area contributed by atoms with Crippen molar-refractivity contribution < 1.29 is 13.2 Å². The number of rotatable bonds is 6. The summed E-state index contributed by atoms with van der Waals surface area (Å²) in [7, 11) is -1.61. The number of ether oxygens (including phenoxy) is 1. The van der Waals surface area contributed by atoms with Crippen molar-refractivity contribution in [2.24, 2.45) is 10.4 Å². The fourth-order valence-electron chi connectivity index (χ4n) is 4.31. The summed E-state index contributed by atoms with van der Waals surface area (Å²) in [4.78, 5) is 7.81. The molecule has 0 saturated carbocycles. The summed E-state index contributed by atoms with van der Waals surface area (Å²) in [6.45, 7) is 9.00. The second-order valence-electron chi connectivity index (χ2n) is 8.22. The van der Waals surface area contributed by atoms with E-state index < -0.39 is 10.0 Å². The molecule has 2 fully saturated rings. The van der Waals surface area contributed by atoms with Gasteiger partial charge in [-0.2, -0.15) is 4.31 Å².